The number of pyridine rings is 1. The van der Waals surface area contributed by atoms with Crippen molar-refractivity contribution in [3.8, 4) is 11.6 Å². The minimum atomic E-state index is -0.573. The highest BCUT2D eigenvalue weighted by molar-refractivity contribution is 6.30. The molecule has 2 nitrogen and oxygen atoms in total. The van der Waals surface area contributed by atoms with E-state index in [1.807, 2.05) is 32.0 Å². The van der Waals surface area contributed by atoms with Crippen molar-refractivity contribution < 1.29 is 9.13 Å². The number of halogens is 2. The average molecular weight is 252 g/mol. The van der Waals surface area contributed by atoms with Crippen LogP contribution in [-0.4, -0.2) is 4.98 Å². The molecule has 2 rings (SSSR count). The summed E-state index contributed by atoms with van der Waals surface area (Å²) < 4.78 is 18.8. The van der Waals surface area contributed by atoms with E-state index in [0.717, 1.165) is 11.1 Å². The second kappa shape index (κ2) is 4.72. The molecule has 0 radical (unpaired) electrons. The predicted octanol–water partition coefficient (Wildman–Crippen LogP) is 4.28. The Morgan fingerprint density at radius 1 is 1.12 bits per heavy atom. The molecule has 0 aliphatic carbocycles. The molecule has 88 valence electrons. The molecule has 0 N–H and O–H groups in total. The number of aryl methyl sites for hydroxylation is 2. The fourth-order valence-corrected chi connectivity index (χ4v) is 1.73. The van der Waals surface area contributed by atoms with Crippen LogP contribution in [0.25, 0.3) is 0 Å². The van der Waals surface area contributed by atoms with Crippen LogP contribution in [0.15, 0.2) is 30.5 Å². The first-order valence-corrected chi connectivity index (χ1v) is 5.49. The van der Waals surface area contributed by atoms with Crippen LogP contribution in [0, 0.1) is 19.7 Å². The van der Waals surface area contributed by atoms with Crippen molar-refractivity contribution in [1.29, 1.82) is 0 Å². The number of hydrogen-bond donors (Lipinski definition) is 0. The molecule has 1 aromatic heterocycles. The molecule has 0 aliphatic rings. The van der Waals surface area contributed by atoms with E-state index in [9.17, 15) is 4.39 Å². The van der Waals surface area contributed by atoms with Crippen LogP contribution in [0.4, 0.5) is 4.39 Å². The fraction of sp³-hybridized carbons (Fsp3) is 0.154. The zero-order valence-corrected chi connectivity index (χ0v) is 10.3. The SMILES string of the molecule is Cc1cc(C)cc(Oc2ncc(Cl)cc2F)c1. The van der Waals surface area contributed by atoms with Gasteiger partial charge in [0.2, 0.25) is 0 Å². The molecular weight excluding hydrogens is 241 g/mol. The van der Waals surface area contributed by atoms with Crippen LogP contribution >= 0.6 is 11.6 Å². The number of ether oxygens (including phenoxy) is 1. The third-order valence-corrected chi connectivity index (χ3v) is 2.39. The summed E-state index contributed by atoms with van der Waals surface area (Å²) in [6, 6.07) is 6.83. The Bertz CT molecular complexity index is 537. The summed E-state index contributed by atoms with van der Waals surface area (Å²) in [7, 11) is 0. The van der Waals surface area contributed by atoms with Crippen molar-refractivity contribution in [2.45, 2.75) is 13.8 Å². The Hall–Kier alpha value is -1.61. The van der Waals surface area contributed by atoms with Crippen molar-refractivity contribution in [3.05, 3.63) is 52.4 Å². The zero-order valence-electron chi connectivity index (χ0n) is 9.50. The van der Waals surface area contributed by atoms with Crippen molar-refractivity contribution >= 4 is 11.6 Å². The van der Waals surface area contributed by atoms with Gasteiger partial charge in [-0.3, -0.25) is 0 Å². The zero-order chi connectivity index (χ0) is 12.4. The van der Waals surface area contributed by atoms with E-state index in [0.29, 0.717) is 5.75 Å². The summed E-state index contributed by atoms with van der Waals surface area (Å²) in [5, 5.41) is 0.246. The van der Waals surface area contributed by atoms with Crippen LogP contribution in [0.5, 0.6) is 11.6 Å². The van der Waals surface area contributed by atoms with E-state index in [1.54, 1.807) is 0 Å². The highest BCUT2D eigenvalue weighted by atomic mass is 35.5. The smallest absolute Gasteiger partial charge is 0.255 e. The molecule has 0 spiro atoms. The topological polar surface area (TPSA) is 22.1 Å². The lowest BCUT2D eigenvalue weighted by atomic mass is 10.1. The van der Waals surface area contributed by atoms with E-state index in [4.69, 9.17) is 16.3 Å². The maximum absolute atomic E-state index is 13.5. The molecule has 1 heterocycles. The summed E-state index contributed by atoms with van der Waals surface area (Å²) in [5.41, 5.74) is 2.10. The first-order valence-electron chi connectivity index (χ1n) is 5.12. The summed E-state index contributed by atoms with van der Waals surface area (Å²) in [4.78, 5) is 3.80. The lowest BCUT2D eigenvalue weighted by molar-refractivity contribution is 0.422. The van der Waals surface area contributed by atoms with Gasteiger partial charge in [0.15, 0.2) is 5.82 Å². The van der Waals surface area contributed by atoms with E-state index in [-0.39, 0.29) is 10.9 Å². The maximum Gasteiger partial charge on any atom is 0.255 e. The quantitative estimate of drug-likeness (QED) is 0.795. The third kappa shape index (κ3) is 2.94. The molecule has 0 saturated heterocycles. The highest BCUT2D eigenvalue weighted by Gasteiger charge is 2.07. The van der Waals surface area contributed by atoms with E-state index < -0.39 is 5.82 Å². The molecule has 0 amide bonds. The van der Waals surface area contributed by atoms with Gasteiger partial charge in [-0.1, -0.05) is 17.7 Å². The monoisotopic (exact) mass is 251 g/mol. The standard InChI is InChI=1S/C13H11ClFNO/c1-8-3-9(2)5-11(4-8)17-13-12(15)6-10(14)7-16-13/h3-7H,1-2H3. The molecule has 0 unspecified atom stereocenters. The van der Waals surface area contributed by atoms with Gasteiger partial charge in [-0.25, -0.2) is 9.37 Å². The van der Waals surface area contributed by atoms with Gasteiger partial charge in [0.1, 0.15) is 5.75 Å². The van der Waals surface area contributed by atoms with E-state index >= 15 is 0 Å². The minimum absolute atomic E-state index is 0.0700. The van der Waals surface area contributed by atoms with Gasteiger partial charge in [-0.15, -0.1) is 0 Å². The number of nitrogens with zero attached hydrogens (tertiary/aromatic N) is 1. The Balaban J connectivity index is 2.31. The van der Waals surface area contributed by atoms with Gasteiger partial charge < -0.3 is 4.74 Å². The van der Waals surface area contributed by atoms with E-state index in [1.165, 1.54) is 12.3 Å². The molecular formula is C13H11ClFNO. The number of aromatic nitrogens is 1. The normalized spacial score (nSPS) is 10.4. The van der Waals surface area contributed by atoms with Gasteiger partial charge in [0.05, 0.1) is 5.02 Å². The second-order valence-corrected chi connectivity index (χ2v) is 4.30. The van der Waals surface area contributed by atoms with Crippen LogP contribution in [-0.2, 0) is 0 Å². The lowest BCUT2D eigenvalue weighted by Gasteiger charge is -2.07. The Morgan fingerprint density at radius 3 is 2.35 bits per heavy atom. The Kier molecular flexibility index (Phi) is 3.29. The van der Waals surface area contributed by atoms with Crippen LogP contribution in [0.2, 0.25) is 5.02 Å². The predicted molar refractivity (Wildman–Crippen MR) is 65.2 cm³/mol. The van der Waals surface area contributed by atoms with E-state index in [2.05, 4.69) is 4.98 Å². The van der Waals surface area contributed by atoms with Gasteiger partial charge in [-0.2, -0.15) is 0 Å². The van der Waals surface area contributed by atoms with Crippen molar-refractivity contribution in [2.24, 2.45) is 0 Å². The van der Waals surface area contributed by atoms with Crippen LogP contribution in [0.3, 0.4) is 0 Å². The number of rotatable bonds is 2. The molecule has 0 aliphatic heterocycles. The molecule has 17 heavy (non-hydrogen) atoms. The van der Waals surface area contributed by atoms with Crippen LogP contribution < -0.4 is 4.74 Å². The maximum atomic E-state index is 13.5. The second-order valence-electron chi connectivity index (χ2n) is 3.87. The first kappa shape index (κ1) is 11.9. The molecule has 2 aromatic rings. The molecule has 0 bridgehead atoms. The third-order valence-electron chi connectivity index (χ3n) is 2.18. The van der Waals surface area contributed by atoms with Crippen LogP contribution in [0.1, 0.15) is 11.1 Å². The molecule has 1 aromatic carbocycles. The Labute approximate surface area is 104 Å². The molecule has 0 atom stereocenters. The van der Waals surface area contributed by atoms with Gasteiger partial charge in [-0.05, 0) is 43.2 Å². The number of hydrogen-bond acceptors (Lipinski definition) is 2. The van der Waals surface area contributed by atoms with Gasteiger partial charge in [0.25, 0.3) is 5.88 Å². The molecule has 0 saturated carbocycles. The summed E-state index contributed by atoms with van der Waals surface area (Å²) in [6.45, 7) is 3.90. The van der Waals surface area contributed by atoms with Gasteiger partial charge >= 0.3 is 0 Å². The summed E-state index contributed by atoms with van der Waals surface area (Å²) in [6.07, 6.45) is 1.35. The minimum Gasteiger partial charge on any atom is -0.436 e. The first-order chi connectivity index (χ1) is 8.04. The fourth-order valence-electron chi connectivity index (χ4n) is 1.58. The summed E-state index contributed by atoms with van der Waals surface area (Å²) in [5.74, 6) is -0.0766. The lowest BCUT2D eigenvalue weighted by Crippen LogP contribution is -1.92. The summed E-state index contributed by atoms with van der Waals surface area (Å²) >= 11 is 5.61. The van der Waals surface area contributed by atoms with Crippen molar-refractivity contribution in [2.75, 3.05) is 0 Å². The average Bonchev–Trinajstić information content (AvgIpc) is 2.21. The van der Waals surface area contributed by atoms with Crippen molar-refractivity contribution in [3.63, 3.8) is 0 Å². The Morgan fingerprint density at radius 2 is 1.76 bits per heavy atom. The van der Waals surface area contributed by atoms with Gasteiger partial charge in [0, 0.05) is 6.20 Å². The van der Waals surface area contributed by atoms with Crippen molar-refractivity contribution in [1.82, 2.24) is 4.98 Å². The molecule has 0 fully saturated rings. The number of benzene rings is 1. The highest BCUT2D eigenvalue weighted by Crippen LogP contribution is 2.25. The largest absolute Gasteiger partial charge is 0.436 e. The molecule has 4 heteroatoms.